The van der Waals surface area contributed by atoms with E-state index in [-0.39, 0.29) is 6.04 Å². The quantitative estimate of drug-likeness (QED) is 0.873. The van der Waals surface area contributed by atoms with Crippen molar-refractivity contribution in [1.82, 2.24) is 4.90 Å². The highest BCUT2D eigenvalue weighted by atomic mass is 16.5. The van der Waals surface area contributed by atoms with Crippen LogP contribution in [0.1, 0.15) is 25.3 Å². The van der Waals surface area contributed by atoms with Crippen molar-refractivity contribution in [2.45, 2.75) is 32.4 Å². The summed E-state index contributed by atoms with van der Waals surface area (Å²) < 4.78 is 16.3. The SMILES string of the molecule is COc1cc(OC)c(CN2CCC(C(C)N)CC2)c(OC)c1. The molecular formula is C17H28N2O3. The number of piperidine rings is 1. The predicted molar refractivity (Wildman–Crippen MR) is 87.7 cm³/mol. The molecule has 1 aromatic rings. The lowest BCUT2D eigenvalue weighted by Gasteiger charge is -2.34. The molecule has 1 aliphatic heterocycles. The molecule has 5 heteroatoms. The molecule has 1 aliphatic rings. The van der Waals surface area contributed by atoms with E-state index in [0.717, 1.165) is 55.3 Å². The molecule has 22 heavy (non-hydrogen) atoms. The van der Waals surface area contributed by atoms with Crippen LogP contribution in [0.4, 0.5) is 0 Å². The number of methoxy groups -OCH3 is 3. The highest BCUT2D eigenvalue weighted by Gasteiger charge is 2.24. The molecule has 0 aliphatic carbocycles. The topological polar surface area (TPSA) is 57.0 Å². The Labute approximate surface area is 133 Å². The average molecular weight is 308 g/mol. The van der Waals surface area contributed by atoms with Crippen LogP contribution in [0.5, 0.6) is 17.2 Å². The number of hydrogen-bond donors (Lipinski definition) is 1. The molecule has 1 unspecified atom stereocenters. The Morgan fingerprint density at radius 2 is 1.64 bits per heavy atom. The zero-order valence-corrected chi connectivity index (χ0v) is 14.1. The highest BCUT2D eigenvalue weighted by Crippen LogP contribution is 2.35. The lowest BCUT2D eigenvalue weighted by molar-refractivity contribution is 0.163. The first-order chi connectivity index (χ1) is 10.6. The molecule has 2 rings (SSSR count). The molecule has 5 nitrogen and oxygen atoms in total. The standard InChI is InChI=1S/C17H28N2O3/c1-12(18)13-5-7-19(8-6-13)11-15-16(21-3)9-14(20-2)10-17(15)22-4/h9-10,12-13H,5-8,11,18H2,1-4H3. The van der Waals surface area contributed by atoms with Gasteiger partial charge in [-0.1, -0.05) is 0 Å². The van der Waals surface area contributed by atoms with Crippen molar-refractivity contribution in [3.8, 4) is 17.2 Å². The van der Waals surface area contributed by atoms with E-state index in [4.69, 9.17) is 19.9 Å². The minimum Gasteiger partial charge on any atom is -0.496 e. The van der Waals surface area contributed by atoms with E-state index in [1.807, 2.05) is 12.1 Å². The second-order valence-electron chi connectivity index (χ2n) is 5.98. The first kappa shape index (κ1) is 16.9. The molecule has 1 atom stereocenters. The second kappa shape index (κ2) is 7.70. The fourth-order valence-electron chi connectivity index (χ4n) is 3.09. The molecule has 2 N–H and O–H groups in total. The first-order valence-electron chi connectivity index (χ1n) is 7.85. The van der Waals surface area contributed by atoms with Gasteiger partial charge in [-0.2, -0.15) is 0 Å². The van der Waals surface area contributed by atoms with E-state index >= 15 is 0 Å². The van der Waals surface area contributed by atoms with Gasteiger partial charge in [0.1, 0.15) is 17.2 Å². The molecule has 0 amide bonds. The van der Waals surface area contributed by atoms with Crippen LogP contribution in [-0.4, -0.2) is 45.4 Å². The average Bonchev–Trinajstić information content (AvgIpc) is 2.55. The maximum Gasteiger partial charge on any atom is 0.130 e. The minimum atomic E-state index is 0.284. The lowest BCUT2D eigenvalue weighted by atomic mass is 9.91. The van der Waals surface area contributed by atoms with E-state index < -0.39 is 0 Å². The summed E-state index contributed by atoms with van der Waals surface area (Å²) in [7, 11) is 5.01. The zero-order chi connectivity index (χ0) is 16.1. The van der Waals surface area contributed by atoms with E-state index in [1.54, 1.807) is 21.3 Å². The van der Waals surface area contributed by atoms with Crippen molar-refractivity contribution in [3.63, 3.8) is 0 Å². The maximum atomic E-state index is 6.02. The summed E-state index contributed by atoms with van der Waals surface area (Å²) in [5, 5.41) is 0. The fourth-order valence-corrected chi connectivity index (χ4v) is 3.09. The molecule has 1 aromatic carbocycles. The summed E-state index contributed by atoms with van der Waals surface area (Å²) in [4.78, 5) is 2.44. The molecule has 0 bridgehead atoms. The van der Waals surface area contributed by atoms with Crippen LogP contribution in [-0.2, 0) is 6.54 Å². The molecule has 1 heterocycles. The van der Waals surface area contributed by atoms with Gasteiger partial charge in [-0.3, -0.25) is 4.90 Å². The Kier molecular flexibility index (Phi) is 5.91. The van der Waals surface area contributed by atoms with Crippen LogP contribution in [0.15, 0.2) is 12.1 Å². The zero-order valence-electron chi connectivity index (χ0n) is 14.1. The van der Waals surface area contributed by atoms with Crippen molar-refractivity contribution in [2.24, 2.45) is 11.7 Å². The van der Waals surface area contributed by atoms with Gasteiger partial charge in [-0.15, -0.1) is 0 Å². The number of nitrogens with zero attached hydrogens (tertiary/aromatic N) is 1. The summed E-state index contributed by atoms with van der Waals surface area (Å²) in [6, 6.07) is 4.10. The van der Waals surface area contributed by atoms with Crippen molar-refractivity contribution >= 4 is 0 Å². The fraction of sp³-hybridized carbons (Fsp3) is 0.647. The summed E-state index contributed by atoms with van der Waals surface area (Å²) in [5.74, 6) is 3.00. The van der Waals surface area contributed by atoms with Gasteiger partial charge in [0, 0.05) is 24.7 Å². The molecule has 1 saturated heterocycles. The van der Waals surface area contributed by atoms with Gasteiger partial charge in [0.05, 0.1) is 26.9 Å². The number of hydrogen-bond acceptors (Lipinski definition) is 5. The van der Waals surface area contributed by atoms with E-state index in [9.17, 15) is 0 Å². The molecule has 0 spiro atoms. The number of nitrogens with two attached hydrogens (primary N) is 1. The van der Waals surface area contributed by atoms with Crippen LogP contribution < -0.4 is 19.9 Å². The van der Waals surface area contributed by atoms with Crippen molar-refractivity contribution in [1.29, 1.82) is 0 Å². The van der Waals surface area contributed by atoms with Gasteiger partial charge in [0.25, 0.3) is 0 Å². The van der Waals surface area contributed by atoms with Crippen LogP contribution in [0.3, 0.4) is 0 Å². The van der Waals surface area contributed by atoms with Gasteiger partial charge >= 0.3 is 0 Å². The highest BCUT2D eigenvalue weighted by molar-refractivity contribution is 5.50. The third-order valence-corrected chi connectivity index (χ3v) is 4.57. The summed E-state index contributed by atoms with van der Waals surface area (Å²) in [6.07, 6.45) is 2.30. The van der Waals surface area contributed by atoms with Crippen molar-refractivity contribution in [2.75, 3.05) is 34.4 Å². The monoisotopic (exact) mass is 308 g/mol. The van der Waals surface area contributed by atoms with Gasteiger partial charge < -0.3 is 19.9 Å². The van der Waals surface area contributed by atoms with E-state index in [1.165, 1.54) is 0 Å². The first-order valence-corrected chi connectivity index (χ1v) is 7.85. The number of benzene rings is 1. The van der Waals surface area contributed by atoms with Crippen molar-refractivity contribution in [3.05, 3.63) is 17.7 Å². The van der Waals surface area contributed by atoms with E-state index in [0.29, 0.717) is 5.92 Å². The molecule has 124 valence electrons. The Morgan fingerprint density at radius 1 is 1.09 bits per heavy atom. The largest absolute Gasteiger partial charge is 0.496 e. The lowest BCUT2D eigenvalue weighted by Crippen LogP contribution is -2.39. The summed E-state index contributed by atoms with van der Waals surface area (Å²) >= 11 is 0. The van der Waals surface area contributed by atoms with Gasteiger partial charge in [0.2, 0.25) is 0 Å². The molecule has 0 aromatic heterocycles. The minimum absolute atomic E-state index is 0.284. The molecule has 0 saturated carbocycles. The third-order valence-electron chi connectivity index (χ3n) is 4.57. The Morgan fingerprint density at radius 3 is 2.05 bits per heavy atom. The Bertz CT molecular complexity index is 458. The number of rotatable bonds is 6. The van der Waals surface area contributed by atoms with Gasteiger partial charge in [-0.25, -0.2) is 0 Å². The van der Waals surface area contributed by atoms with Crippen molar-refractivity contribution < 1.29 is 14.2 Å². The Hall–Kier alpha value is -1.46. The third kappa shape index (κ3) is 3.84. The molecular weight excluding hydrogens is 280 g/mol. The van der Waals surface area contributed by atoms with Crippen LogP contribution in [0, 0.1) is 5.92 Å². The normalized spacial score (nSPS) is 18.0. The summed E-state index contributed by atoms with van der Waals surface area (Å²) in [6.45, 7) is 5.05. The number of likely N-dealkylation sites (tertiary alicyclic amines) is 1. The van der Waals surface area contributed by atoms with Gasteiger partial charge in [-0.05, 0) is 38.8 Å². The Balaban J connectivity index is 2.12. The molecule has 0 radical (unpaired) electrons. The maximum absolute atomic E-state index is 6.02. The van der Waals surface area contributed by atoms with Gasteiger partial charge in [0.15, 0.2) is 0 Å². The molecule has 1 fully saturated rings. The number of ether oxygens (including phenoxy) is 3. The predicted octanol–water partition coefficient (Wildman–Crippen LogP) is 2.27. The smallest absolute Gasteiger partial charge is 0.130 e. The second-order valence-corrected chi connectivity index (χ2v) is 5.98. The summed E-state index contributed by atoms with van der Waals surface area (Å²) in [5.41, 5.74) is 7.09. The van der Waals surface area contributed by atoms with Crippen LogP contribution >= 0.6 is 0 Å². The van der Waals surface area contributed by atoms with Crippen LogP contribution in [0.2, 0.25) is 0 Å². The van der Waals surface area contributed by atoms with E-state index in [2.05, 4.69) is 11.8 Å². The van der Waals surface area contributed by atoms with Crippen LogP contribution in [0.25, 0.3) is 0 Å².